The lowest BCUT2D eigenvalue weighted by atomic mass is 9.87. The van der Waals surface area contributed by atoms with Gasteiger partial charge < -0.3 is 5.73 Å². The summed E-state index contributed by atoms with van der Waals surface area (Å²) in [6, 6.07) is 4.39. The Morgan fingerprint density at radius 1 is 1.46 bits per heavy atom. The molecule has 1 aliphatic rings. The summed E-state index contributed by atoms with van der Waals surface area (Å²) in [6.07, 6.45) is 3.38. The van der Waals surface area contributed by atoms with E-state index in [1.54, 1.807) is 0 Å². The van der Waals surface area contributed by atoms with Crippen LogP contribution in [0.15, 0.2) is 12.1 Å². The molecule has 0 fully saturated rings. The fourth-order valence-electron chi connectivity index (χ4n) is 2.02. The quantitative estimate of drug-likeness (QED) is 0.677. The largest absolute Gasteiger partial charge is 0.324 e. The van der Waals surface area contributed by atoms with Crippen molar-refractivity contribution in [1.82, 2.24) is 0 Å². The van der Waals surface area contributed by atoms with Gasteiger partial charge in [-0.2, -0.15) is 0 Å². The molecule has 1 atom stereocenters. The molecule has 1 aromatic carbocycles. The highest BCUT2D eigenvalue weighted by Crippen LogP contribution is 2.35. The predicted octanol–water partition coefficient (Wildman–Crippen LogP) is 2.98. The average molecular weight is 196 g/mol. The molecule has 1 aliphatic carbocycles. The minimum absolute atomic E-state index is 0.149. The molecule has 0 radical (unpaired) electrons. The molecule has 0 spiro atoms. The summed E-state index contributed by atoms with van der Waals surface area (Å²) in [5, 5.41) is 0.879. The Kier molecular flexibility index (Phi) is 2.31. The van der Waals surface area contributed by atoms with Crippen molar-refractivity contribution in [3.63, 3.8) is 0 Å². The average Bonchev–Trinajstić information content (AvgIpc) is 2.12. The van der Waals surface area contributed by atoms with Crippen LogP contribution in [-0.2, 0) is 6.42 Å². The molecule has 2 rings (SSSR count). The zero-order valence-electron chi connectivity index (χ0n) is 7.81. The lowest BCUT2D eigenvalue weighted by molar-refractivity contribution is 0.570. The van der Waals surface area contributed by atoms with Crippen LogP contribution in [0.1, 0.15) is 35.6 Å². The van der Waals surface area contributed by atoms with Crippen molar-refractivity contribution in [3.05, 3.63) is 33.8 Å². The van der Waals surface area contributed by atoms with Crippen LogP contribution < -0.4 is 5.73 Å². The number of halogens is 1. The van der Waals surface area contributed by atoms with Crippen LogP contribution in [0, 0.1) is 6.92 Å². The smallest absolute Gasteiger partial charge is 0.0485 e. The van der Waals surface area contributed by atoms with Crippen LogP contribution in [0.4, 0.5) is 0 Å². The van der Waals surface area contributed by atoms with Gasteiger partial charge in [0.15, 0.2) is 0 Å². The zero-order chi connectivity index (χ0) is 9.42. The number of hydrogen-bond donors (Lipinski definition) is 1. The summed E-state index contributed by atoms with van der Waals surface area (Å²) in [5.74, 6) is 0. The summed E-state index contributed by atoms with van der Waals surface area (Å²) in [4.78, 5) is 0. The molecule has 0 saturated heterocycles. The fraction of sp³-hybridized carbons (Fsp3) is 0.455. The number of aryl methyl sites for hydroxylation is 2. The molecular weight excluding hydrogens is 182 g/mol. The maximum Gasteiger partial charge on any atom is 0.0485 e. The van der Waals surface area contributed by atoms with Gasteiger partial charge in [0.1, 0.15) is 0 Å². The van der Waals surface area contributed by atoms with E-state index in [0.29, 0.717) is 0 Å². The highest BCUT2D eigenvalue weighted by Gasteiger charge is 2.20. The first-order valence-electron chi connectivity index (χ1n) is 4.73. The Hall–Kier alpha value is -0.530. The molecule has 0 unspecified atom stereocenters. The third-order valence-corrected chi connectivity index (χ3v) is 3.30. The van der Waals surface area contributed by atoms with E-state index in [4.69, 9.17) is 17.3 Å². The summed E-state index contributed by atoms with van der Waals surface area (Å²) >= 11 is 6.23. The normalized spacial score (nSPS) is 21.3. The van der Waals surface area contributed by atoms with E-state index in [1.165, 1.54) is 17.5 Å². The molecule has 0 aromatic heterocycles. The van der Waals surface area contributed by atoms with Crippen molar-refractivity contribution >= 4 is 11.6 Å². The molecule has 0 aliphatic heterocycles. The van der Waals surface area contributed by atoms with Crippen molar-refractivity contribution in [2.45, 2.75) is 32.2 Å². The minimum atomic E-state index is 0.149. The molecule has 0 heterocycles. The molecule has 2 N–H and O–H groups in total. The molecule has 0 saturated carbocycles. The highest BCUT2D eigenvalue weighted by atomic mass is 35.5. The Morgan fingerprint density at radius 2 is 2.23 bits per heavy atom. The standard InChI is InChI=1S/C11H14ClN/c1-7-5-6-8-3-2-4-9(13)10(8)11(7)12/h5-6,9H,2-4,13H2,1H3/t9-/m1/s1. The van der Waals surface area contributed by atoms with E-state index in [0.717, 1.165) is 23.4 Å². The van der Waals surface area contributed by atoms with Crippen molar-refractivity contribution in [3.8, 4) is 0 Å². The van der Waals surface area contributed by atoms with E-state index in [1.807, 2.05) is 6.92 Å². The molecular formula is C11H14ClN. The van der Waals surface area contributed by atoms with Crippen LogP contribution in [0.5, 0.6) is 0 Å². The van der Waals surface area contributed by atoms with Gasteiger partial charge in [-0.25, -0.2) is 0 Å². The molecule has 2 heteroatoms. The third kappa shape index (κ3) is 1.47. The lowest BCUT2D eigenvalue weighted by Gasteiger charge is -2.24. The second-order valence-corrected chi connectivity index (χ2v) is 4.15. The van der Waals surface area contributed by atoms with E-state index in [9.17, 15) is 0 Å². The second-order valence-electron chi connectivity index (χ2n) is 3.77. The zero-order valence-corrected chi connectivity index (χ0v) is 8.56. The van der Waals surface area contributed by atoms with E-state index in [2.05, 4.69) is 12.1 Å². The Labute approximate surface area is 83.9 Å². The molecule has 13 heavy (non-hydrogen) atoms. The first kappa shape index (κ1) is 9.04. The van der Waals surface area contributed by atoms with Crippen LogP contribution in [0.25, 0.3) is 0 Å². The predicted molar refractivity (Wildman–Crippen MR) is 56.1 cm³/mol. The fourth-order valence-corrected chi connectivity index (χ4v) is 2.34. The first-order chi connectivity index (χ1) is 6.20. The molecule has 1 aromatic rings. The topological polar surface area (TPSA) is 26.0 Å². The Balaban J connectivity index is 2.58. The van der Waals surface area contributed by atoms with Gasteiger partial charge in [0.05, 0.1) is 0 Å². The maximum atomic E-state index is 6.23. The van der Waals surface area contributed by atoms with Gasteiger partial charge in [0.2, 0.25) is 0 Å². The Bertz CT molecular complexity index is 333. The van der Waals surface area contributed by atoms with Gasteiger partial charge in [-0.05, 0) is 42.9 Å². The number of nitrogens with two attached hydrogens (primary N) is 1. The van der Waals surface area contributed by atoms with Crippen molar-refractivity contribution in [2.24, 2.45) is 5.73 Å². The van der Waals surface area contributed by atoms with E-state index < -0.39 is 0 Å². The monoisotopic (exact) mass is 195 g/mol. The van der Waals surface area contributed by atoms with E-state index >= 15 is 0 Å². The van der Waals surface area contributed by atoms with E-state index in [-0.39, 0.29) is 6.04 Å². The minimum Gasteiger partial charge on any atom is -0.324 e. The summed E-state index contributed by atoms with van der Waals surface area (Å²) in [7, 11) is 0. The van der Waals surface area contributed by atoms with Gasteiger partial charge in [-0.3, -0.25) is 0 Å². The third-order valence-electron chi connectivity index (χ3n) is 2.80. The number of fused-ring (bicyclic) bond motifs is 1. The van der Waals surface area contributed by atoms with Crippen LogP contribution in [0.3, 0.4) is 0 Å². The Morgan fingerprint density at radius 3 is 3.00 bits per heavy atom. The van der Waals surface area contributed by atoms with Gasteiger partial charge in [0.25, 0.3) is 0 Å². The maximum absolute atomic E-state index is 6.23. The van der Waals surface area contributed by atoms with Crippen molar-refractivity contribution in [2.75, 3.05) is 0 Å². The molecule has 0 bridgehead atoms. The summed E-state index contributed by atoms with van der Waals surface area (Å²) in [6.45, 7) is 2.03. The number of benzene rings is 1. The second kappa shape index (κ2) is 3.32. The molecule has 1 nitrogen and oxygen atoms in total. The summed E-state index contributed by atoms with van der Waals surface area (Å²) < 4.78 is 0. The van der Waals surface area contributed by atoms with Crippen LogP contribution in [-0.4, -0.2) is 0 Å². The number of hydrogen-bond acceptors (Lipinski definition) is 1. The van der Waals surface area contributed by atoms with Gasteiger partial charge >= 0.3 is 0 Å². The van der Waals surface area contributed by atoms with Gasteiger partial charge in [-0.15, -0.1) is 0 Å². The first-order valence-corrected chi connectivity index (χ1v) is 5.11. The SMILES string of the molecule is Cc1ccc2c(c1Cl)[C@H](N)CCC2. The van der Waals surface area contributed by atoms with Crippen molar-refractivity contribution < 1.29 is 0 Å². The number of rotatable bonds is 0. The van der Waals surface area contributed by atoms with Crippen LogP contribution >= 0.6 is 11.6 Å². The molecule has 0 amide bonds. The van der Waals surface area contributed by atoms with Gasteiger partial charge in [0, 0.05) is 11.1 Å². The van der Waals surface area contributed by atoms with Gasteiger partial charge in [-0.1, -0.05) is 23.7 Å². The lowest BCUT2D eigenvalue weighted by Crippen LogP contribution is -2.18. The molecule has 70 valence electrons. The summed E-state index contributed by atoms with van der Waals surface area (Å²) in [5.41, 5.74) is 9.70. The van der Waals surface area contributed by atoms with Crippen molar-refractivity contribution in [1.29, 1.82) is 0 Å². The van der Waals surface area contributed by atoms with Crippen LogP contribution in [0.2, 0.25) is 5.02 Å². The highest BCUT2D eigenvalue weighted by molar-refractivity contribution is 6.32.